The van der Waals surface area contributed by atoms with Crippen LogP contribution < -0.4 is 0 Å². The van der Waals surface area contributed by atoms with E-state index in [2.05, 4.69) is 35.4 Å². The molecule has 28 heavy (non-hydrogen) atoms. The number of thiophene rings is 1. The molecule has 0 aliphatic heterocycles. The van der Waals surface area contributed by atoms with Gasteiger partial charge in [0.1, 0.15) is 11.5 Å². The number of nitrogens with zero attached hydrogens (tertiary/aromatic N) is 1. The van der Waals surface area contributed by atoms with E-state index in [1.807, 2.05) is 11.2 Å². The summed E-state index contributed by atoms with van der Waals surface area (Å²) in [7, 11) is 0. The molecule has 4 rings (SSSR count). The van der Waals surface area contributed by atoms with Crippen LogP contribution in [0.1, 0.15) is 23.6 Å². The standard InChI is InChI=1S/C22H14F3NS2/c23-17-9-14(21-8-7-20(28-21)13-3-1-2-4-13)5-6-16(17)15-10-18(24)22(26-12-27)19(25)11-15/h1-2,5-11,13H,3-4H2. The molecule has 0 saturated carbocycles. The molecule has 1 heterocycles. The molecular formula is C22H14F3NS2. The van der Waals surface area contributed by atoms with Gasteiger partial charge in [-0.2, -0.15) is 4.99 Å². The average Bonchev–Trinajstić information content (AvgIpc) is 3.35. The second kappa shape index (κ2) is 7.84. The molecule has 1 aliphatic rings. The number of isothiocyanates is 1. The zero-order chi connectivity index (χ0) is 19.7. The molecule has 3 aromatic rings. The molecule has 1 aliphatic carbocycles. The maximum Gasteiger partial charge on any atom is 0.153 e. The molecule has 1 aromatic heterocycles. The fourth-order valence-electron chi connectivity index (χ4n) is 3.35. The fraction of sp³-hybridized carbons (Fsp3) is 0.136. The van der Waals surface area contributed by atoms with E-state index in [-0.39, 0.29) is 11.1 Å². The predicted octanol–water partition coefficient (Wildman–Crippen LogP) is 7.67. The van der Waals surface area contributed by atoms with Gasteiger partial charge in [-0.1, -0.05) is 24.3 Å². The Morgan fingerprint density at radius 2 is 1.57 bits per heavy atom. The minimum atomic E-state index is -0.913. The minimum absolute atomic E-state index is 0.103. The summed E-state index contributed by atoms with van der Waals surface area (Å²) in [6, 6.07) is 10.9. The Hall–Kier alpha value is -2.53. The number of thiocarbonyl (C=S) groups is 1. The van der Waals surface area contributed by atoms with E-state index in [0.29, 0.717) is 5.92 Å². The van der Waals surface area contributed by atoms with E-state index < -0.39 is 23.1 Å². The van der Waals surface area contributed by atoms with Gasteiger partial charge in [-0.3, -0.25) is 0 Å². The van der Waals surface area contributed by atoms with Gasteiger partial charge in [0.15, 0.2) is 11.6 Å². The topological polar surface area (TPSA) is 12.4 Å². The second-order valence-electron chi connectivity index (χ2n) is 6.53. The second-order valence-corrected chi connectivity index (χ2v) is 7.83. The van der Waals surface area contributed by atoms with E-state index in [1.54, 1.807) is 17.4 Å². The molecule has 0 amide bonds. The van der Waals surface area contributed by atoms with E-state index in [4.69, 9.17) is 0 Å². The Morgan fingerprint density at radius 1 is 0.893 bits per heavy atom. The third-order valence-corrected chi connectivity index (χ3v) is 6.16. The Morgan fingerprint density at radius 3 is 2.21 bits per heavy atom. The summed E-state index contributed by atoms with van der Waals surface area (Å²) in [5.41, 5.74) is 0.442. The minimum Gasteiger partial charge on any atom is -0.206 e. The number of hydrogen-bond acceptors (Lipinski definition) is 3. The first-order valence-electron chi connectivity index (χ1n) is 8.68. The van der Waals surface area contributed by atoms with Crippen molar-refractivity contribution in [3.05, 3.63) is 76.9 Å². The normalized spacial score (nSPS) is 13.7. The summed E-state index contributed by atoms with van der Waals surface area (Å²) >= 11 is 6.04. The van der Waals surface area contributed by atoms with Gasteiger partial charge in [0, 0.05) is 21.2 Å². The van der Waals surface area contributed by atoms with Crippen LogP contribution in [-0.2, 0) is 0 Å². The van der Waals surface area contributed by atoms with Crippen molar-refractivity contribution in [2.45, 2.75) is 18.8 Å². The summed E-state index contributed by atoms with van der Waals surface area (Å²) in [5, 5.41) is 1.94. The van der Waals surface area contributed by atoms with Gasteiger partial charge < -0.3 is 0 Å². The molecule has 0 N–H and O–H groups in total. The van der Waals surface area contributed by atoms with Gasteiger partial charge >= 0.3 is 0 Å². The zero-order valence-corrected chi connectivity index (χ0v) is 16.2. The first-order chi connectivity index (χ1) is 13.6. The van der Waals surface area contributed by atoms with Crippen molar-refractivity contribution in [1.29, 1.82) is 0 Å². The third kappa shape index (κ3) is 3.59. The van der Waals surface area contributed by atoms with Crippen molar-refractivity contribution in [3.63, 3.8) is 0 Å². The summed E-state index contributed by atoms with van der Waals surface area (Å²) < 4.78 is 42.9. The molecule has 6 heteroatoms. The first kappa shape index (κ1) is 18.8. The predicted molar refractivity (Wildman–Crippen MR) is 111 cm³/mol. The Kier molecular flexibility index (Phi) is 5.27. The van der Waals surface area contributed by atoms with Crippen molar-refractivity contribution >= 4 is 34.4 Å². The molecule has 1 nitrogen and oxygen atoms in total. The van der Waals surface area contributed by atoms with Crippen LogP contribution in [0.4, 0.5) is 18.9 Å². The summed E-state index contributed by atoms with van der Waals surface area (Å²) in [6.45, 7) is 0. The monoisotopic (exact) mass is 413 g/mol. The highest BCUT2D eigenvalue weighted by molar-refractivity contribution is 7.78. The lowest BCUT2D eigenvalue weighted by molar-refractivity contribution is 0.588. The quantitative estimate of drug-likeness (QED) is 0.243. The van der Waals surface area contributed by atoms with Crippen LogP contribution in [0, 0.1) is 17.5 Å². The number of rotatable bonds is 4. The van der Waals surface area contributed by atoms with Crippen LogP contribution in [0.2, 0.25) is 0 Å². The average molecular weight is 413 g/mol. The number of halogens is 3. The van der Waals surface area contributed by atoms with Crippen LogP contribution in [-0.4, -0.2) is 5.16 Å². The summed E-state index contributed by atoms with van der Waals surface area (Å²) in [4.78, 5) is 5.62. The van der Waals surface area contributed by atoms with Crippen LogP contribution in [0.15, 0.2) is 59.6 Å². The van der Waals surface area contributed by atoms with E-state index in [9.17, 15) is 13.2 Å². The van der Waals surface area contributed by atoms with Gasteiger partial charge in [-0.25, -0.2) is 13.2 Å². The largest absolute Gasteiger partial charge is 0.206 e. The van der Waals surface area contributed by atoms with Gasteiger partial charge in [0.05, 0.1) is 5.16 Å². The molecule has 0 fully saturated rings. The van der Waals surface area contributed by atoms with Crippen LogP contribution in [0.3, 0.4) is 0 Å². The number of aliphatic imine (C=N–C) groups is 1. The van der Waals surface area contributed by atoms with Gasteiger partial charge in [-0.05, 0) is 66.5 Å². The molecular weight excluding hydrogens is 399 g/mol. The lowest BCUT2D eigenvalue weighted by Crippen LogP contribution is -1.90. The first-order valence-corrected chi connectivity index (χ1v) is 9.91. The van der Waals surface area contributed by atoms with Crippen LogP contribution in [0.25, 0.3) is 21.6 Å². The van der Waals surface area contributed by atoms with Crippen LogP contribution in [0.5, 0.6) is 0 Å². The Balaban J connectivity index is 1.66. The van der Waals surface area contributed by atoms with Crippen molar-refractivity contribution in [2.75, 3.05) is 0 Å². The van der Waals surface area contributed by atoms with Crippen molar-refractivity contribution < 1.29 is 13.2 Å². The van der Waals surface area contributed by atoms with E-state index in [1.165, 1.54) is 17.0 Å². The van der Waals surface area contributed by atoms with Gasteiger partial charge in [0.25, 0.3) is 0 Å². The Bertz CT molecular complexity index is 1100. The number of benzene rings is 2. The molecule has 0 unspecified atom stereocenters. The number of hydrogen-bond donors (Lipinski definition) is 0. The third-order valence-electron chi connectivity index (χ3n) is 4.78. The molecule has 0 spiro atoms. The zero-order valence-electron chi connectivity index (χ0n) is 14.6. The molecule has 2 aromatic carbocycles. The maximum absolute atomic E-state index is 14.7. The smallest absolute Gasteiger partial charge is 0.153 e. The van der Waals surface area contributed by atoms with Crippen LogP contribution >= 0.6 is 23.6 Å². The molecule has 0 atom stereocenters. The highest BCUT2D eigenvalue weighted by atomic mass is 32.1. The van der Waals surface area contributed by atoms with Crippen molar-refractivity contribution in [2.24, 2.45) is 4.99 Å². The van der Waals surface area contributed by atoms with Crippen molar-refractivity contribution in [1.82, 2.24) is 0 Å². The summed E-state index contributed by atoms with van der Waals surface area (Å²) in [6.07, 6.45) is 6.43. The number of allylic oxidation sites excluding steroid dienone is 2. The van der Waals surface area contributed by atoms with Gasteiger partial charge in [0.2, 0.25) is 0 Å². The summed E-state index contributed by atoms with van der Waals surface area (Å²) in [5.74, 6) is -1.87. The highest BCUT2D eigenvalue weighted by Crippen LogP contribution is 2.39. The lowest BCUT2D eigenvalue weighted by atomic mass is 10.0. The maximum atomic E-state index is 14.7. The molecule has 0 bridgehead atoms. The molecule has 0 saturated heterocycles. The molecule has 0 radical (unpaired) electrons. The molecule has 140 valence electrons. The van der Waals surface area contributed by atoms with Crippen molar-refractivity contribution in [3.8, 4) is 21.6 Å². The van der Waals surface area contributed by atoms with E-state index >= 15 is 0 Å². The lowest BCUT2D eigenvalue weighted by Gasteiger charge is -2.08. The Labute approximate surface area is 169 Å². The fourth-order valence-corrected chi connectivity index (χ4v) is 4.57. The van der Waals surface area contributed by atoms with E-state index in [0.717, 1.165) is 35.4 Å². The SMILES string of the molecule is Fc1cc(-c2ccc(C3CC=CC3)s2)ccc1-c1cc(F)c(N=C=S)c(F)c1. The highest BCUT2D eigenvalue weighted by Gasteiger charge is 2.17. The van der Waals surface area contributed by atoms with Gasteiger partial charge in [-0.15, -0.1) is 11.3 Å².